The van der Waals surface area contributed by atoms with Crippen LogP contribution in [-0.2, 0) is 19.2 Å². The van der Waals surface area contributed by atoms with Crippen LogP contribution in [0, 0.1) is 11.3 Å². The van der Waals surface area contributed by atoms with Crippen LogP contribution in [0.15, 0.2) is 0 Å². The molecule has 0 saturated carbocycles. The Kier molecular flexibility index (Phi) is 29.1. The maximum absolute atomic E-state index is 13.6. The van der Waals surface area contributed by atoms with Gasteiger partial charge in [-0.2, -0.15) is 0 Å². The summed E-state index contributed by atoms with van der Waals surface area (Å²) in [5.41, 5.74) is -2.77. The van der Waals surface area contributed by atoms with Gasteiger partial charge >= 0.3 is 11.9 Å². The number of rotatable bonds is 36. The van der Waals surface area contributed by atoms with E-state index >= 15 is 0 Å². The Bertz CT molecular complexity index is 769. The lowest BCUT2D eigenvalue weighted by Gasteiger charge is -2.33. The molecule has 0 saturated heterocycles. The average molecular weight is 669 g/mol. The van der Waals surface area contributed by atoms with E-state index in [-0.39, 0.29) is 12.8 Å². The van der Waals surface area contributed by atoms with E-state index in [1.54, 1.807) is 0 Å². The molecule has 2 atom stereocenters. The topological polar surface area (TPSA) is 149 Å². The van der Waals surface area contributed by atoms with Crippen LogP contribution in [0.3, 0.4) is 0 Å². The van der Waals surface area contributed by atoms with Gasteiger partial charge in [-0.3, -0.25) is 19.2 Å². The Hall–Kier alpha value is -1.80. The molecule has 0 aromatic heterocycles. The van der Waals surface area contributed by atoms with Crippen LogP contribution < -0.4 is 0 Å². The molecular formula is C39H72O8. The van der Waals surface area contributed by atoms with E-state index in [1.165, 1.54) is 103 Å². The largest absolute Gasteiger partial charge is 0.481 e. The molecule has 47 heavy (non-hydrogen) atoms. The van der Waals surface area contributed by atoms with Crippen molar-refractivity contribution in [1.29, 1.82) is 0 Å². The lowest BCUT2D eigenvalue weighted by atomic mass is 9.65. The molecule has 0 amide bonds. The number of carboxylic acid groups (broad SMARTS) is 2. The smallest absolute Gasteiger partial charge is 0.325 e. The summed E-state index contributed by atoms with van der Waals surface area (Å²) in [7, 11) is 0. The van der Waals surface area contributed by atoms with Crippen molar-refractivity contribution < 1.29 is 39.6 Å². The summed E-state index contributed by atoms with van der Waals surface area (Å²) < 4.78 is 0. The van der Waals surface area contributed by atoms with E-state index in [1.807, 2.05) is 0 Å². The van der Waals surface area contributed by atoms with Gasteiger partial charge in [0.2, 0.25) is 0 Å². The molecule has 0 aromatic carbocycles. The first-order valence-corrected chi connectivity index (χ1v) is 19.5. The fraction of sp³-hybridized carbons (Fsp3) is 0.897. The number of unbranched alkanes of at least 4 members (excludes halogenated alkanes) is 24. The van der Waals surface area contributed by atoms with Crippen LogP contribution >= 0.6 is 0 Å². The molecule has 8 heteroatoms. The van der Waals surface area contributed by atoms with Crippen LogP contribution in [0.2, 0.25) is 0 Å². The number of Topliss-reactive ketones (excluding diaryl/α,β-unsaturated/α-hetero) is 2. The number of ketones is 2. The van der Waals surface area contributed by atoms with Crippen molar-refractivity contribution in [3.05, 3.63) is 0 Å². The number of aliphatic hydroxyl groups excluding tert-OH is 2. The van der Waals surface area contributed by atoms with Crippen LogP contribution in [0.4, 0.5) is 0 Å². The van der Waals surface area contributed by atoms with Crippen LogP contribution in [0.1, 0.15) is 200 Å². The van der Waals surface area contributed by atoms with Gasteiger partial charge in [0, 0.05) is 12.8 Å². The third kappa shape index (κ3) is 20.3. The maximum Gasteiger partial charge on any atom is 0.325 e. The zero-order valence-electron chi connectivity index (χ0n) is 30.3. The highest BCUT2D eigenvalue weighted by Crippen LogP contribution is 2.38. The predicted molar refractivity (Wildman–Crippen MR) is 190 cm³/mol. The third-order valence-corrected chi connectivity index (χ3v) is 9.77. The second kappa shape index (κ2) is 30.3. The maximum atomic E-state index is 13.6. The van der Waals surface area contributed by atoms with Crippen molar-refractivity contribution in [3.8, 4) is 0 Å². The first kappa shape index (κ1) is 45.2. The van der Waals surface area contributed by atoms with Gasteiger partial charge in [-0.05, 0) is 19.3 Å². The minimum Gasteiger partial charge on any atom is -0.481 e. The van der Waals surface area contributed by atoms with Gasteiger partial charge in [-0.15, -0.1) is 0 Å². The van der Waals surface area contributed by atoms with E-state index in [4.69, 9.17) is 0 Å². The fourth-order valence-electron chi connectivity index (χ4n) is 6.74. The third-order valence-electron chi connectivity index (χ3n) is 9.77. The average Bonchev–Trinajstić information content (AvgIpc) is 3.04. The van der Waals surface area contributed by atoms with Gasteiger partial charge in [0.25, 0.3) is 0 Å². The number of carbonyl (C=O) groups excluding carboxylic acids is 2. The molecular weight excluding hydrogens is 596 g/mol. The van der Waals surface area contributed by atoms with E-state index in [2.05, 4.69) is 13.8 Å². The Morgan fingerprint density at radius 2 is 0.766 bits per heavy atom. The molecule has 4 N–H and O–H groups in total. The van der Waals surface area contributed by atoms with Gasteiger partial charge in [0.15, 0.2) is 17.0 Å². The molecule has 0 aromatic rings. The second-order valence-corrected chi connectivity index (χ2v) is 13.9. The molecule has 0 aliphatic heterocycles. The first-order valence-electron chi connectivity index (χ1n) is 19.5. The minimum atomic E-state index is -2.77. The molecule has 0 radical (unpaired) electrons. The van der Waals surface area contributed by atoms with Crippen molar-refractivity contribution in [2.45, 2.75) is 206 Å². The fourth-order valence-corrected chi connectivity index (χ4v) is 6.74. The standard InChI is InChI=1S/C39H72O8/c1-3-5-7-9-11-13-15-17-19-21-23-25-27-29-35(42)39(38(46)47,34(37(44)45)31-33(41)32-40)36(43)30-28-26-24-22-20-18-16-14-12-10-8-6-4-2/h33-34,40-41H,3-32H2,1-2H3,(H,44,45)(H,46,47). The number of hydrogen-bond acceptors (Lipinski definition) is 6. The monoisotopic (exact) mass is 669 g/mol. The number of carbonyl (C=O) groups is 4. The van der Waals surface area contributed by atoms with Crippen LogP contribution in [0.5, 0.6) is 0 Å². The molecule has 0 rings (SSSR count). The van der Waals surface area contributed by atoms with E-state index in [0.29, 0.717) is 25.7 Å². The zero-order chi connectivity index (χ0) is 35.2. The highest BCUT2D eigenvalue weighted by atomic mass is 16.4. The van der Waals surface area contributed by atoms with Crippen molar-refractivity contribution in [3.63, 3.8) is 0 Å². The summed E-state index contributed by atoms with van der Waals surface area (Å²) in [4.78, 5) is 52.2. The van der Waals surface area contributed by atoms with Crippen LogP contribution in [-0.4, -0.2) is 56.6 Å². The van der Waals surface area contributed by atoms with Gasteiger partial charge in [0.1, 0.15) is 0 Å². The SMILES string of the molecule is CCCCCCCCCCCCCCCC(=O)C(C(=O)O)(C(=O)CCCCCCCCCCCCCCC)C(CC(O)CO)C(=O)O. The molecule has 0 bridgehead atoms. The summed E-state index contributed by atoms with van der Waals surface area (Å²) in [6, 6.07) is 0. The number of hydrogen-bond donors (Lipinski definition) is 4. The molecule has 8 nitrogen and oxygen atoms in total. The number of carboxylic acids is 2. The van der Waals surface area contributed by atoms with E-state index in [0.717, 1.165) is 38.5 Å². The van der Waals surface area contributed by atoms with E-state index < -0.39 is 54.0 Å². The summed E-state index contributed by atoms with van der Waals surface area (Å²) >= 11 is 0. The Balaban J connectivity index is 4.91. The Morgan fingerprint density at radius 3 is 1.00 bits per heavy atom. The summed E-state index contributed by atoms with van der Waals surface area (Å²) in [6.45, 7) is 3.65. The molecule has 276 valence electrons. The number of aliphatic carboxylic acids is 2. The normalized spacial score (nSPS) is 13.0. The van der Waals surface area contributed by atoms with Crippen molar-refractivity contribution in [2.75, 3.05) is 6.61 Å². The Morgan fingerprint density at radius 1 is 0.489 bits per heavy atom. The van der Waals surface area contributed by atoms with Gasteiger partial charge < -0.3 is 20.4 Å². The van der Waals surface area contributed by atoms with Gasteiger partial charge in [-0.25, -0.2) is 0 Å². The summed E-state index contributed by atoms with van der Waals surface area (Å²) in [5, 5.41) is 39.7. The minimum absolute atomic E-state index is 0.201. The first-order chi connectivity index (χ1) is 22.7. The van der Waals surface area contributed by atoms with Gasteiger partial charge in [-0.1, -0.05) is 168 Å². The molecule has 0 aliphatic rings. The predicted octanol–water partition coefficient (Wildman–Crippen LogP) is 9.60. The van der Waals surface area contributed by atoms with Crippen LogP contribution in [0.25, 0.3) is 0 Å². The molecule has 0 heterocycles. The molecule has 2 unspecified atom stereocenters. The van der Waals surface area contributed by atoms with Crippen molar-refractivity contribution in [1.82, 2.24) is 0 Å². The second-order valence-electron chi connectivity index (χ2n) is 13.9. The summed E-state index contributed by atoms with van der Waals surface area (Å²) in [5.74, 6) is -7.14. The zero-order valence-corrected chi connectivity index (χ0v) is 30.3. The quantitative estimate of drug-likeness (QED) is 0.0381. The highest BCUT2D eigenvalue weighted by Gasteiger charge is 2.60. The molecule has 0 spiro atoms. The lowest BCUT2D eigenvalue weighted by Crippen LogP contribution is -2.55. The summed E-state index contributed by atoms with van der Waals surface area (Å²) in [6.07, 6.45) is 25.9. The molecule has 0 aliphatic carbocycles. The lowest BCUT2D eigenvalue weighted by molar-refractivity contribution is -0.173. The Labute approximate surface area is 286 Å². The van der Waals surface area contributed by atoms with Gasteiger partial charge in [0.05, 0.1) is 18.6 Å². The number of aliphatic hydroxyl groups is 2. The van der Waals surface area contributed by atoms with Crippen molar-refractivity contribution >= 4 is 23.5 Å². The highest BCUT2D eigenvalue weighted by molar-refractivity contribution is 6.24. The van der Waals surface area contributed by atoms with E-state index in [9.17, 15) is 39.6 Å². The van der Waals surface area contributed by atoms with Crippen molar-refractivity contribution in [2.24, 2.45) is 11.3 Å². The molecule has 0 fully saturated rings.